The number of hydrogen-bond donors (Lipinski definition) is 1. The lowest BCUT2D eigenvalue weighted by atomic mass is 9.85. The van der Waals surface area contributed by atoms with Crippen molar-refractivity contribution in [2.45, 2.75) is 70.0 Å². The lowest BCUT2D eigenvalue weighted by Crippen LogP contribution is -2.40. The number of amides is 1. The average molecular weight is 320 g/mol. The molecule has 0 aromatic rings. The minimum absolute atomic E-state index is 0.0276. The second-order valence-electron chi connectivity index (χ2n) is 6.60. The molecule has 2 rings (SSSR count). The van der Waals surface area contributed by atoms with Crippen molar-refractivity contribution in [2.24, 2.45) is 5.92 Å². The number of carbonyl (C=O) groups excluding carboxylic acids is 1. The molecule has 1 amide bonds. The van der Waals surface area contributed by atoms with Gasteiger partial charge in [0.15, 0.2) is 0 Å². The second-order valence-corrected chi connectivity index (χ2v) is 6.60. The molecule has 1 N–H and O–H groups in total. The molecule has 0 radical (unpaired) electrons. The van der Waals surface area contributed by atoms with Gasteiger partial charge in [0.1, 0.15) is 0 Å². The maximum absolute atomic E-state index is 12.8. The minimum atomic E-state index is -4.06. The van der Waals surface area contributed by atoms with Crippen LogP contribution in [0.15, 0.2) is 0 Å². The SMILES string of the molecule is O=C1CCCCCN1CCCN[C@@H]1CCC[C@H](C(F)(F)F)C1. The quantitative estimate of drug-likeness (QED) is 0.787. The van der Waals surface area contributed by atoms with E-state index < -0.39 is 12.1 Å². The largest absolute Gasteiger partial charge is 0.391 e. The smallest absolute Gasteiger partial charge is 0.343 e. The zero-order valence-electron chi connectivity index (χ0n) is 13.1. The van der Waals surface area contributed by atoms with Crippen LogP contribution in [0.4, 0.5) is 13.2 Å². The highest BCUT2D eigenvalue weighted by atomic mass is 19.4. The van der Waals surface area contributed by atoms with E-state index in [1.165, 1.54) is 0 Å². The Kier molecular flexibility index (Phi) is 6.53. The Morgan fingerprint density at radius 3 is 2.73 bits per heavy atom. The van der Waals surface area contributed by atoms with E-state index in [0.29, 0.717) is 19.4 Å². The van der Waals surface area contributed by atoms with Crippen LogP contribution in [0.5, 0.6) is 0 Å². The van der Waals surface area contributed by atoms with Gasteiger partial charge in [0.05, 0.1) is 5.92 Å². The molecule has 2 fully saturated rings. The van der Waals surface area contributed by atoms with Crippen LogP contribution in [0.25, 0.3) is 0 Å². The molecule has 0 unspecified atom stereocenters. The molecule has 1 aliphatic heterocycles. The number of hydrogen-bond acceptors (Lipinski definition) is 2. The van der Waals surface area contributed by atoms with Crippen molar-refractivity contribution in [3.8, 4) is 0 Å². The first-order chi connectivity index (χ1) is 10.5. The summed E-state index contributed by atoms with van der Waals surface area (Å²) in [5, 5.41) is 3.26. The third-order valence-corrected chi connectivity index (χ3v) is 4.85. The number of rotatable bonds is 5. The van der Waals surface area contributed by atoms with Crippen molar-refractivity contribution in [2.75, 3.05) is 19.6 Å². The number of likely N-dealkylation sites (tertiary alicyclic amines) is 1. The molecule has 1 saturated carbocycles. The van der Waals surface area contributed by atoms with Crippen LogP contribution in [0, 0.1) is 5.92 Å². The third-order valence-electron chi connectivity index (χ3n) is 4.85. The first-order valence-electron chi connectivity index (χ1n) is 8.54. The Balaban J connectivity index is 1.64. The summed E-state index contributed by atoms with van der Waals surface area (Å²) in [5.41, 5.74) is 0. The Labute approximate surface area is 130 Å². The highest BCUT2D eigenvalue weighted by Crippen LogP contribution is 2.37. The molecular formula is C16H27F3N2O. The fourth-order valence-electron chi connectivity index (χ4n) is 3.52. The normalized spacial score (nSPS) is 27.8. The van der Waals surface area contributed by atoms with Crippen LogP contribution in [-0.2, 0) is 4.79 Å². The van der Waals surface area contributed by atoms with Crippen LogP contribution in [-0.4, -0.2) is 42.7 Å². The van der Waals surface area contributed by atoms with Crippen LogP contribution < -0.4 is 5.32 Å². The van der Waals surface area contributed by atoms with E-state index in [1.807, 2.05) is 4.90 Å². The van der Waals surface area contributed by atoms with E-state index in [9.17, 15) is 18.0 Å². The molecule has 3 nitrogen and oxygen atoms in total. The molecule has 1 heterocycles. The topological polar surface area (TPSA) is 32.3 Å². The predicted octanol–water partition coefficient (Wildman–Crippen LogP) is 3.49. The van der Waals surface area contributed by atoms with Gasteiger partial charge in [-0.05, 0) is 45.1 Å². The molecule has 0 aromatic heterocycles. The molecule has 0 spiro atoms. The Morgan fingerprint density at radius 2 is 1.95 bits per heavy atom. The summed E-state index contributed by atoms with van der Waals surface area (Å²) in [4.78, 5) is 13.8. The molecule has 22 heavy (non-hydrogen) atoms. The minimum Gasteiger partial charge on any atom is -0.343 e. The van der Waals surface area contributed by atoms with Crippen LogP contribution in [0.2, 0.25) is 0 Å². The molecule has 6 heteroatoms. The predicted molar refractivity (Wildman–Crippen MR) is 79.5 cm³/mol. The van der Waals surface area contributed by atoms with Gasteiger partial charge in [-0.1, -0.05) is 12.8 Å². The number of nitrogens with zero attached hydrogens (tertiary/aromatic N) is 1. The van der Waals surface area contributed by atoms with Crippen molar-refractivity contribution >= 4 is 5.91 Å². The highest BCUT2D eigenvalue weighted by molar-refractivity contribution is 5.76. The van der Waals surface area contributed by atoms with Crippen LogP contribution in [0.1, 0.15) is 57.8 Å². The molecule has 0 bridgehead atoms. The molecule has 1 saturated heterocycles. The average Bonchev–Trinajstić information content (AvgIpc) is 2.68. The number of nitrogens with one attached hydrogen (secondary N) is 1. The van der Waals surface area contributed by atoms with Crippen molar-refractivity contribution in [3.63, 3.8) is 0 Å². The Hall–Kier alpha value is -0.780. The molecule has 0 aromatic carbocycles. The van der Waals surface area contributed by atoms with E-state index in [-0.39, 0.29) is 24.8 Å². The van der Waals surface area contributed by atoms with Gasteiger partial charge >= 0.3 is 6.18 Å². The van der Waals surface area contributed by atoms with Crippen molar-refractivity contribution in [3.05, 3.63) is 0 Å². The summed E-state index contributed by atoms with van der Waals surface area (Å²) < 4.78 is 38.3. The van der Waals surface area contributed by atoms with Gasteiger partial charge in [-0.2, -0.15) is 13.2 Å². The summed E-state index contributed by atoms with van der Waals surface area (Å²) in [6.07, 6.45) is 2.50. The summed E-state index contributed by atoms with van der Waals surface area (Å²) in [7, 11) is 0. The maximum Gasteiger partial charge on any atom is 0.391 e. The molecule has 1 aliphatic carbocycles. The molecule has 128 valence electrons. The fraction of sp³-hybridized carbons (Fsp3) is 0.938. The Morgan fingerprint density at radius 1 is 1.14 bits per heavy atom. The zero-order chi connectivity index (χ0) is 16.0. The van der Waals surface area contributed by atoms with Crippen molar-refractivity contribution in [1.29, 1.82) is 0 Å². The number of halogens is 3. The number of alkyl halides is 3. The summed E-state index contributed by atoms with van der Waals surface area (Å²) in [6, 6.07) is -0.0276. The van der Waals surface area contributed by atoms with Crippen LogP contribution in [0.3, 0.4) is 0 Å². The van der Waals surface area contributed by atoms with Crippen molar-refractivity contribution < 1.29 is 18.0 Å². The van der Waals surface area contributed by atoms with E-state index in [2.05, 4.69) is 5.32 Å². The van der Waals surface area contributed by atoms with E-state index in [4.69, 9.17) is 0 Å². The lowest BCUT2D eigenvalue weighted by Gasteiger charge is -2.31. The first-order valence-corrected chi connectivity index (χ1v) is 8.54. The first kappa shape index (κ1) is 17.6. The third kappa shape index (κ3) is 5.45. The summed E-state index contributed by atoms with van der Waals surface area (Å²) in [6.45, 7) is 2.25. The zero-order valence-corrected chi connectivity index (χ0v) is 13.1. The summed E-state index contributed by atoms with van der Waals surface area (Å²) >= 11 is 0. The standard InChI is InChI=1S/C16H27F3N2O/c17-16(18,19)13-6-4-7-14(12-13)20-9-5-11-21-10-3-1-2-8-15(21)22/h13-14,20H,1-12H2/t13-,14+/m0/s1. The van der Waals surface area contributed by atoms with Gasteiger partial charge in [-0.25, -0.2) is 0 Å². The van der Waals surface area contributed by atoms with Crippen LogP contribution >= 0.6 is 0 Å². The number of carbonyl (C=O) groups is 1. The van der Waals surface area contributed by atoms with Gasteiger partial charge in [0.25, 0.3) is 0 Å². The Bertz CT molecular complexity index is 360. The molecule has 2 atom stereocenters. The summed E-state index contributed by atoms with van der Waals surface area (Å²) in [5.74, 6) is -0.918. The monoisotopic (exact) mass is 320 g/mol. The maximum atomic E-state index is 12.8. The molecule has 2 aliphatic rings. The highest BCUT2D eigenvalue weighted by Gasteiger charge is 2.41. The molecular weight excluding hydrogens is 293 g/mol. The lowest BCUT2D eigenvalue weighted by molar-refractivity contribution is -0.183. The fourth-order valence-corrected chi connectivity index (χ4v) is 3.52. The van der Waals surface area contributed by atoms with Gasteiger partial charge in [-0.3, -0.25) is 4.79 Å². The van der Waals surface area contributed by atoms with Gasteiger partial charge in [0, 0.05) is 25.6 Å². The van der Waals surface area contributed by atoms with E-state index >= 15 is 0 Å². The van der Waals surface area contributed by atoms with Gasteiger partial charge < -0.3 is 10.2 Å². The van der Waals surface area contributed by atoms with E-state index in [1.54, 1.807) is 0 Å². The van der Waals surface area contributed by atoms with E-state index in [0.717, 1.165) is 45.2 Å². The van der Waals surface area contributed by atoms with Gasteiger partial charge in [0.2, 0.25) is 5.91 Å². The van der Waals surface area contributed by atoms with Crippen molar-refractivity contribution in [1.82, 2.24) is 10.2 Å². The van der Waals surface area contributed by atoms with Gasteiger partial charge in [-0.15, -0.1) is 0 Å². The second kappa shape index (κ2) is 8.18.